The van der Waals surface area contributed by atoms with Crippen LogP contribution in [0.1, 0.15) is 25.5 Å². The van der Waals surface area contributed by atoms with Gasteiger partial charge in [-0.25, -0.2) is 0 Å². The van der Waals surface area contributed by atoms with Gasteiger partial charge in [0.25, 0.3) is 0 Å². The fourth-order valence-corrected chi connectivity index (χ4v) is 1.33. The monoisotopic (exact) mass is 194 g/mol. The highest BCUT2D eigenvalue weighted by molar-refractivity contribution is 5.26. The summed E-state index contributed by atoms with van der Waals surface area (Å²) in [6.45, 7) is 3.42. The fraction of sp³-hybridized carbons (Fsp3) is 0.545. The van der Waals surface area contributed by atoms with E-state index in [1.165, 1.54) is 0 Å². The highest BCUT2D eigenvalue weighted by Crippen LogP contribution is 2.17. The number of aryl methyl sites for hydroxylation is 1. The molecule has 0 radical (unpaired) electrons. The molecule has 0 amide bonds. The normalized spacial score (nSPS) is 10.1. The van der Waals surface area contributed by atoms with Crippen molar-refractivity contribution in [2.24, 2.45) is 5.73 Å². The van der Waals surface area contributed by atoms with Crippen LogP contribution in [0.4, 0.5) is 0 Å². The summed E-state index contributed by atoms with van der Waals surface area (Å²) in [5.74, 6) is 0.909. The minimum atomic E-state index is 0.690. The van der Waals surface area contributed by atoms with E-state index in [2.05, 4.69) is 4.98 Å². The molecule has 1 rings (SSSR count). The van der Waals surface area contributed by atoms with E-state index >= 15 is 0 Å². The van der Waals surface area contributed by atoms with E-state index in [1.807, 2.05) is 19.1 Å². The van der Waals surface area contributed by atoms with E-state index in [0.29, 0.717) is 6.61 Å². The van der Waals surface area contributed by atoms with Crippen molar-refractivity contribution in [1.82, 2.24) is 4.98 Å². The van der Waals surface area contributed by atoms with E-state index in [4.69, 9.17) is 10.5 Å². The van der Waals surface area contributed by atoms with Crippen molar-refractivity contribution < 1.29 is 4.74 Å². The Labute approximate surface area is 85.3 Å². The predicted molar refractivity (Wildman–Crippen MR) is 57.4 cm³/mol. The Morgan fingerprint density at radius 2 is 2.29 bits per heavy atom. The van der Waals surface area contributed by atoms with Crippen molar-refractivity contribution in [2.75, 3.05) is 13.2 Å². The molecule has 78 valence electrons. The smallest absolute Gasteiger partial charge is 0.140 e. The molecule has 3 nitrogen and oxygen atoms in total. The summed E-state index contributed by atoms with van der Waals surface area (Å²) in [7, 11) is 0. The van der Waals surface area contributed by atoms with Gasteiger partial charge in [0.2, 0.25) is 0 Å². The third-order valence-electron chi connectivity index (χ3n) is 2.02. The van der Waals surface area contributed by atoms with Crippen LogP contribution in [0, 0.1) is 0 Å². The fourth-order valence-electron chi connectivity index (χ4n) is 1.33. The maximum absolute atomic E-state index is 5.47. The van der Waals surface area contributed by atoms with Gasteiger partial charge in [-0.3, -0.25) is 4.98 Å². The van der Waals surface area contributed by atoms with Crippen LogP contribution in [-0.2, 0) is 6.42 Å². The summed E-state index contributed by atoms with van der Waals surface area (Å²) in [6.07, 6.45) is 4.88. The first kappa shape index (κ1) is 11.0. The largest absolute Gasteiger partial charge is 0.492 e. The minimum Gasteiger partial charge on any atom is -0.492 e. The van der Waals surface area contributed by atoms with Gasteiger partial charge >= 0.3 is 0 Å². The quantitative estimate of drug-likeness (QED) is 0.702. The van der Waals surface area contributed by atoms with Crippen LogP contribution in [0.5, 0.6) is 5.75 Å². The number of aromatic nitrogens is 1. The van der Waals surface area contributed by atoms with Gasteiger partial charge < -0.3 is 10.5 Å². The number of ether oxygens (including phenoxy) is 1. The molecule has 1 aromatic heterocycles. The summed E-state index contributed by atoms with van der Waals surface area (Å²) < 4.78 is 5.47. The van der Waals surface area contributed by atoms with E-state index in [1.54, 1.807) is 6.20 Å². The summed E-state index contributed by atoms with van der Waals surface area (Å²) >= 11 is 0. The molecule has 0 spiro atoms. The second kappa shape index (κ2) is 6.38. The number of pyridine rings is 1. The zero-order valence-electron chi connectivity index (χ0n) is 8.70. The first-order valence-electron chi connectivity index (χ1n) is 5.15. The van der Waals surface area contributed by atoms with Crippen molar-refractivity contribution >= 4 is 0 Å². The van der Waals surface area contributed by atoms with Crippen LogP contribution >= 0.6 is 0 Å². The molecule has 2 N–H and O–H groups in total. The van der Waals surface area contributed by atoms with Crippen LogP contribution in [0.3, 0.4) is 0 Å². The lowest BCUT2D eigenvalue weighted by molar-refractivity contribution is 0.334. The zero-order chi connectivity index (χ0) is 10.2. The number of hydrogen-bond donors (Lipinski definition) is 1. The number of rotatable bonds is 6. The Bertz CT molecular complexity index is 263. The van der Waals surface area contributed by atoms with Gasteiger partial charge in [0.15, 0.2) is 0 Å². The Morgan fingerprint density at radius 3 is 3.00 bits per heavy atom. The van der Waals surface area contributed by atoms with E-state index < -0.39 is 0 Å². The van der Waals surface area contributed by atoms with Crippen molar-refractivity contribution in [3.8, 4) is 5.75 Å². The first-order chi connectivity index (χ1) is 6.88. The third-order valence-corrected chi connectivity index (χ3v) is 2.02. The van der Waals surface area contributed by atoms with Gasteiger partial charge in [-0.1, -0.05) is 0 Å². The van der Waals surface area contributed by atoms with Crippen LogP contribution in [0.25, 0.3) is 0 Å². The van der Waals surface area contributed by atoms with Gasteiger partial charge in [0, 0.05) is 6.20 Å². The Balaban J connectivity index is 2.55. The maximum Gasteiger partial charge on any atom is 0.140 e. The molecule has 1 aromatic rings. The first-order valence-corrected chi connectivity index (χ1v) is 5.15. The Kier molecular flexibility index (Phi) is 5.00. The standard InChI is InChI=1S/C11H18N2O/c1-2-14-11-7-5-9-13-10(11)6-3-4-8-12/h5,7,9H,2-4,6,8,12H2,1H3. The van der Waals surface area contributed by atoms with Crippen molar-refractivity contribution in [2.45, 2.75) is 26.2 Å². The van der Waals surface area contributed by atoms with Crippen molar-refractivity contribution in [3.05, 3.63) is 24.0 Å². The second-order valence-corrected chi connectivity index (χ2v) is 3.13. The molecule has 14 heavy (non-hydrogen) atoms. The van der Waals surface area contributed by atoms with Crippen LogP contribution in [-0.4, -0.2) is 18.1 Å². The molecule has 0 bridgehead atoms. The van der Waals surface area contributed by atoms with Crippen molar-refractivity contribution in [1.29, 1.82) is 0 Å². The highest BCUT2D eigenvalue weighted by Gasteiger charge is 2.02. The number of unbranched alkanes of at least 4 members (excludes halogenated alkanes) is 1. The zero-order valence-corrected chi connectivity index (χ0v) is 8.70. The molecule has 0 aliphatic rings. The van der Waals surface area contributed by atoms with Gasteiger partial charge in [-0.2, -0.15) is 0 Å². The Hall–Kier alpha value is -1.09. The van der Waals surface area contributed by atoms with E-state index in [9.17, 15) is 0 Å². The van der Waals surface area contributed by atoms with Crippen molar-refractivity contribution in [3.63, 3.8) is 0 Å². The number of nitrogens with zero attached hydrogens (tertiary/aromatic N) is 1. The second-order valence-electron chi connectivity index (χ2n) is 3.13. The molecule has 0 aromatic carbocycles. The molecule has 0 saturated carbocycles. The summed E-state index contributed by atoms with van der Waals surface area (Å²) in [5.41, 5.74) is 6.48. The molecule has 1 heterocycles. The third kappa shape index (κ3) is 3.34. The highest BCUT2D eigenvalue weighted by atomic mass is 16.5. The van der Waals surface area contributed by atoms with Crippen LogP contribution in [0.15, 0.2) is 18.3 Å². The molecule has 3 heteroatoms. The number of nitrogens with two attached hydrogens (primary N) is 1. The lowest BCUT2D eigenvalue weighted by atomic mass is 10.1. The predicted octanol–water partition coefficient (Wildman–Crippen LogP) is 1.76. The molecule has 0 atom stereocenters. The molecule has 0 aliphatic heterocycles. The molecular formula is C11H18N2O. The van der Waals surface area contributed by atoms with Gasteiger partial charge in [0.1, 0.15) is 5.75 Å². The van der Waals surface area contributed by atoms with Gasteiger partial charge in [-0.05, 0) is 44.9 Å². The minimum absolute atomic E-state index is 0.690. The number of hydrogen-bond acceptors (Lipinski definition) is 3. The molecule has 0 aliphatic carbocycles. The van der Waals surface area contributed by atoms with Crippen LogP contribution in [0.2, 0.25) is 0 Å². The lowest BCUT2D eigenvalue weighted by Gasteiger charge is -2.07. The summed E-state index contributed by atoms with van der Waals surface area (Å²) in [4.78, 5) is 4.30. The maximum atomic E-state index is 5.47. The van der Waals surface area contributed by atoms with Gasteiger partial charge in [0.05, 0.1) is 12.3 Å². The van der Waals surface area contributed by atoms with E-state index in [-0.39, 0.29) is 0 Å². The average molecular weight is 194 g/mol. The van der Waals surface area contributed by atoms with Crippen LogP contribution < -0.4 is 10.5 Å². The SMILES string of the molecule is CCOc1cccnc1CCCCN. The lowest BCUT2D eigenvalue weighted by Crippen LogP contribution is -2.02. The Morgan fingerprint density at radius 1 is 1.43 bits per heavy atom. The average Bonchev–Trinajstić information content (AvgIpc) is 2.21. The topological polar surface area (TPSA) is 48.1 Å². The summed E-state index contributed by atoms with van der Waals surface area (Å²) in [6, 6.07) is 3.87. The molecule has 0 saturated heterocycles. The molecular weight excluding hydrogens is 176 g/mol. The summed E-state index contributed by atoms with van der Waals surface area (Å²) in [5, 5.41) is 0. The van der Waals surface area contributed by atoms with Gasteiger partial charge in [-0.15, -0.1) is 0 Å². The molecule has 0 fully saturated rings. The van der Waals surface area contributed by atoms with E-state index in [0.717, 1.165) is 37.3 Å². The molecule has 0 unspecified atom stereocenters.